The number of imidazole rings is 1. The summed E-state index contributed by atoms with van der Waals surface area (Å²) in [5.74, 6) is 0. The number of ether oxygens (including phenoxy) is 1. The fraction of sp³-hybridized carbons (Fsp3) is 0.615. The lowest BCUT2D eigenvalue weighted by Crippen LogP contribution is -2.51. The van der Waals surface area contributed by atoms with Crippen molar-refractivity contribution >= 4 is 27.4 Å². The quantitative estimate of drug-likeness (QED) is 0.886. The lowest BCUT2D eigenvalue weighted by atomic mass is 9.95. The summed E-state index contributed by atoms with van der Waals surface area (Å²) < 4.78 is 6.71. The van der Waals surface area contributed by atoms with Gasteiger partial charge in [0, 0.05) is 25.0 Å². The van der Waals surface area contributed by atoms with E-state index in [1.165, 1.54) is 3.59 Å². The van der Waals surface area contributed by atoms with Crippen molar-refractivity contribution in [1.29, 1.82) is 0 Å². The van der Waals surface area contributed by atoms with Crippen LogP contribution in [-0.2, 0) is 11.2 Å². The Labute approximate surface area is 130 Å². The molecule has 0 saturated carbocycles. The Balaban J connectivity index is 1.86. The minimum absolute atomic E-state index is 0.0279. The zero-order valence-corrected chi connectivity index (χ0v) is 13.7. The van der Waals surface area contributed by atoms with Crippen molar-refractivity contribution in [3.05, 3.63) is 22.4 Å². The van der Waals surface area contributed by atoms with Gasteiger partial charge in [0.2, 0.25) is 0 Å². The maximum absolute atomic E-state index is 11.5. The van der Waals surface area contributed by atoms with Gasteiger partial charge in [-0.15, -0.1) is 0 Å². The minimum atomic E-state index is -0.269. The first-order chi connectivity index (χ1) is 9.97. The van der Waals surface area contributed by atoms with Gasteiger partial charge in [0.15, 0.2) is 11.3 Å². The second-order valence-corrected chi connectivity index (χ2v) is 6.54. The third-order valence-corrected chi connectivity index (χ3v) is 4.53. The van der Waals surface area contributed by atoms with Crippen LogP contribution in [0.5, 0.6) is 0 Å². The van der Waals surface area contributed by atoms with Crippen LogP contribution in [0.15, 0.2) is 11.0 Å². The Kier molecular flexibility index (Phi) is 3.85. The lowest BCUT2D eigenvalue weighted by Gasteiger charge is -2.40. The first-order valence-electron chi connectivity index (χ1n) is 6.93. The second-order valence-electron chi connectivity index (χ2n) is 5.83. The number of nitrogens with zero attached hydrogens (tertiary/aromatic N) is 4. The normalized spacial score (nSPS) is 17.5. The highest BCUT2D eigenvalue weighted by molar-refractivity contribution is 9.08. The molecule has 8 heteroatoms. The molecule has 0 aromatic carbocycles. The maximum Gasteiger partial charge on any atom is 0.339 e. The third kappa shape index (κ3) is 2.88. The van der Waals surface area contributed by atoms with Crippen molar-refractivity contribution in [1.82, 2.24) is 23.4 Å². The van der Waals surface area contributed by atoms with Crippen LogP contribution in [0, 0.1) is 0 Å². The molecule has 0 unspecified atom stereocenters. The van der Waals surface area contributed by atoms with Gasteiger partial charge in [0.05, 0.1) is 41.3 Å². The molecular formula is C13H18BrN5O2. The van der Waals surface area contributed by atoms with E-state index in [2.05, 4.69) is 49.8 Å². The number of hydrogen-bond donors (Lipinski definition) is 1. The van der Waals surface area contributed by atoms with Crippen molar-refractivity contribution in [3.8, 4) is 0 Å². The smallest absolute Gasteiger partial charge is 0.339 e. The summed E-state index contributed by atoms with van der Waals surface area (Å²) in [6, 6.07) is 0. The van der Waals surface area contributed by atoms with Gasteiger partial charge in [0.1, 0.15) is 0 Å². The fourth-order valence-corrected chi connectivity index (χ4v) is 3.03. The van der Waals surface area contributed by atoms with Crippen LogP contribution in [-0.4, -0.2) is 55.3 Å². The van der Waals surface area contributed by atoms with Crippen molar-refractivity contribution in [2.45, 2.75) is 25.8 Å². The van der Waals surface area contributed by atoms with Crippen molar-refractivity contribution < 1.29 is 4.74 Å². The predicted molar refractivity (Wildman–Crippen MR) is 82.6 cm³/mol. The molecule has 1 N–H and O–H groups in total. The molecule has 0 amide bonds. The van der Waals surface area contributed by atoms with E-state index in [0.29, 0.717) is 11.3 Å². The van der Waals surface area contributed by atoms with Crippen LogP contribution in [0.25, 0.3) is 11.3 Å². The van der Waals surface area contributed by atoms with Crippen molar-refractivity contribution in [2.24, 2.45) is 0 Å². The van der Waals surface area contributed by atoms with Gasteiger partial charge in [-0.1, -0.05) is 0 Å². The van der Waals surface area contributed by atoms with Gasteiger partial charge in [-0.25, -0.2) is 18.4 Å². The highest BCUT2D eigenvalue weighted by Crippen LogP contribution is 2.21. The molecule has 2 aromatic heterocycles. The SMILES string of the molecule is CC(C)(Cc1cnc2[nH]c(=O)n(Br)c2n1)N1CCOCC1. The van der Waals surface area contributed by atoms with Crippen LogP contribution >= 0.6 is 16.1 Å². The lowest BCUT2D eigenvalue weighted by molar-refractivity contribution is -0.0101. The summed E-state index contributed by atoms with van der Waals surface area (Å²) in [6.07, 6.45) is 2.50. The van der Waals surface area contributed by atoms with Crippen LogP contribution in [0.2, 0.25) is 0 Å². The topological polar surface area (TPSA) is 76.0 Å². The molecular weight excluding hydrogens is 338 g/mol. The Morgan fingerprint density at radius 2 is 2.14 bits per heavy atom. The summed E-state index contributed by atoms with van der Waals surface area (Å²) in [5.41, 5.74) is 1.58. The van der Waals surface area contributed by atoms with E-state index in [-0.39, 0.29) is 11.2 Å². The molecule has 7 nitrogen and oxygen atoms in total. The van der Waals surface area contributed by atoms with E-state index >= 15 is 0 Å². The van der Waals surface area contributed by atoms with Gasteiger partial charge in [-0.2, -0.15) is 0 Å². The molecule has 3 heterocycles. The zero-order chi connectivity index (χ0) is 15.0. The molecule has 3 rings (SSSR count). The minimum Gasteiger partial charge on any atom is -0.379 e. The average molecular weight is 356 g/mol. The van der Waals surface area contributed by atoms with Gasteiger partial charge < -0.3 is 4.74 Å². The number of morpholine rings is 1. The molecule has 0 atom stereocenters. The third-order valence-electron chi connectivity index (χ3n) is 3.87. The molecule has 0 bridgehead atoms. The molecule has 0 aliphatic carbocycles. The van der Waals surface area contributed by atoms with Gasteiger partial charge in [-0.3, -0.25) is 9.88 Å². The first kappa shape index (κ1) is 14.7. The van der Waals surface area contributed by atoms with E-state index < -0.39 is 0 Å². The molecule has 1 aliphatic rings. The zero-order valence-electron chi connectivity index (χ0n) is 12.1. The summed E-state index contributed by atoms with van der Waals surface area (Å²) in [5, 5.41) is 0. The Morgan fingerprint density at radius 3 is 2.86 bits per heavy atom. The van der Waals surface area contributed by atoms with Crippen molar-refractivity contribution in [3.63, 3.8) is 0 Å². The maximum atomic E-state index is 11.5. The molecule has 1 saturated heterocycles. The summed E-state index contributed by atoms with van der Waals surface area (Å²) in [6.45, 7) is 7.79. The highest BCUT2D eigenvalue weighted by Gasteiger charge is 2.29. The van der Waals surface area contributed by atoms with Crippen LogP contribution < -0.4 is 5.69 Å². The Hall–Kier alpha value is -1.25. The Morgan fingerprint density at radius 1 is 1.43 bits per heavy atom. The van der Waals surface area contributed by atoms with E-state index in [4.69, 9.17) is 4.74 Å². The van der Waals surface area contributed by atoms with Crippen LogP contribution in [0.1, 0.15) is 19.5 Å². The highest BCUT2D eigenvalue weighted by atomic mass is 79.9. The molecule has 114 valence electrons. The average Bonchev–Trinajstić information content (AvgIpc) is 2.75. The summed E-state index contributed by atoms with van der Waals surface area (Å²) in [7, 11) is 0. The predicted octanol–water partition coefficient (Wildman–Crippen LogP) is 0.931. The van der Waals surface area contributed by atoms with Crippen LogP contribution in [0.4, 0.5) is 0 Å². The number of hydrogen-bond acceptors (Lipinski definition) is 5. The molecule has 0 radical (unpaired) electrons. The second kappa shape index (κ2) is 5.51. The number of aromatic amines is 1. The molecule has 2 aromatic rings. The number of halogens is 1. The van der Waals surface area contributed by atoms with Gasteiger partial charge >= 0.3 is 5.69 Å². The fourth-order valence-electron chi connectivity index (χ4n) is 2.70. The van der Waals surface area contributed by atoms with E-state index in [0.717, 1.165) is 38.4 Å². The summed E-state index contributed by atoms with van der Waals surface area (Å²) >= 11 is 3.18. The standard InChI is InChI=1S/C13H18BrN5O2/c1-13(2,18-3-5-21-6-4-18)7-9-8-15-10-11(16-9)19(14)12(20)17-10/h8H,3-7H2,1-2H3,(H,15,17,20). The van der Waals surface area contributed by atoms with E-state index in [1.54, 1.807) is 6.20 Å². The molecule has 1 fully saturated rings. The number of fused-ring (bicyclic) bond motifs is 1. The Bertz CT molecular complexity index is 702. The number of aromatic nitrogens is 4. The largest absolute Gasteiger partial charge is 0.379 e. The molecule has 1 aliphatic heterocycles. The number of rotatable bonds is 3. The van der Waals surface area contributed by atoms with Crippen molar-refractivity contribution in [2.75, 3.05) is 26.3 Å². The monoisotopic (exact) mass is 355 g/mol. The number of nitrogens with one attached hydrogen (secondary N) is 1. The summed E-state index contributed by atoms with van der Waals surface area (Å²) in [4.78, 5) is 25.4. The number of H-pyrrole nitrogens is 1. The van der Waals surface area contributed by atoms with E-state index in [9.17, 15) is 4.79 Å². The first-order valence-corrected chi connectivity index (χ1v) is 7.64. The molecule has 21 heavy (non-hydrogen) atoms. The van der Waals surface area contributed by atoms with Gasteiger partial charge in [-0.05, 0) is 13.8 Å². The van der Waals surface area contributed by atoms with Gasteiger partial charge in [0.25, 0.3) is 0 Å². The van der Waals surface area contributed by atoms with Crippen LogP contribution in [0.3, 0.4) is 0 Å². The molecule has 0 spiro atoms. The van der Waals surface area contributed by atoms with E-state index in [1.807, 2.05) is 0 Å².